The zero-order valence-corrected chi connectivity index (χ0v) is 64.3. The zero-order valence-electron chi connectivity index (χ0n) is 62.8. The number of hydrogen-bond donors (Lipinski definition) is 4. The predicted octanol–water partition coefficient (Wildman–Crippen LogP) is 13.0. The number of halogens is 13. The lowest BCUT2D eigenvalue weighted by Crippen LogP contribution is -2.47. The molecule has 32 heteroatoms. The number of carbonyl (C=O) groups excluding carboxylic acids is 3. The van der Waals surface area contributed by atoms with Crippen LogP contribution in [0.25, 0.3) is 0 Å². The van der Waals surface area contributed by atoms with Crippen LogP contribution in [-0.2, 0) is 68.0 Å². The molecule has 8 rings (SSSR count). The molecule has 19 nitrogen and oxygen atoms in total. The maximum absolute atomic E-state index is 14.3. The second-order valence-corrected chi connectivity index (χ2v) is 26.1. The fourth-order valence-corrected chi connectivity index (χ4v) is 10.1. The highest BCUT2D eigenvalue weighted by Crippen LogP contribution is 2.47. The van der Waals surface area contributed by atoms with Crippen molar-refractivity contribution in [1.29, 1.82) is 0 Å². The number of epoxide rings is 1. The van der Waals surface area contributed by atoms with Crippen molar-refractivity contribution in [3.05, 3.63) is 191 Å². The smallest absolute Gasteiger partial charge is 0.332 e. The molecule has 4 aliphatic heterocycles. The molecule has 1 amide bonds. The van der Waals surface area contributed by atoms with Gasteiger partial charge < -0.3 is 63.8 Å². The number of benzene rings is 4. The van der Waals surface area contributed by atoms with Gasteiger partial charge in [-0.3, -0.25) is 14.4 Å². The van der Waals surface area contributed by atoms with Crippen LogP contribution in [0.1, 0.15) is 70.1 Å². The lowest BCUT2D eigenvalue weighted by atomic mass is 9.72. The summed E-state index contributed by atoms with van der Waals surface area (Å²) < 4.78 is 187. The van der Waals surface area contributed by atoms with Crippen molar-refractivity contribution in [2.75, 3.05) is 139 Å². The topological polar surface area (TPSA) is 249 Å². The number of aliphatic hydroxyl groups excluding tert-OH is 2. The minimum Gasteiger partial charge on any atom is -0.458 e. The van der Waals surface area contributed by atoms with Crippen molar-refractivity contribution in [2.24, 2.45) is 22.7 Å². The molecule has 4 aliphatic rings. The highest BCUT2D eigenvalue weighted by atomic mass is 35.5. The molecule has 0 aromatic heterocycles. The Hall–Kier alpha value is -6.75. The molecule has 0 saturated carbocycles. The first-order chi connectivity index (χ1) is 51.7. The van der Waals surface area contributed by atoms with E-state index in [0.29, 0.717) is 59.6 Å². The first-order valence-electron chi connectivity index (χ1n) is 34.0. The minimum absolute atomic E-state index is 0.00713. The Labute approximate surface area is 641 Å². The summed E-state index contributed by atoms with van der Waals surface area (Å²) in [6.45, 7) is 21.1. The summed E-state index contributed by atoms with van der Waals surface area (Å²) >= 11 is 10.2. The number of aliphatic hydroxyl groups is 2. The molecule has 614 valence electrons. The molecular weight excluding hydrogens is 1500 g/mol. The minimum atomic E-state index is -1.18. The number of aryl methyl sites for hydroxylation is 4. The number of Topliss-reactive ketones (excluding diaryl/α,β-unsaturated/α-hetero) is 1. The highest BCUT2D eigenvalue weighted by molar-refractivity contribution is 6.18. The second-order valence-electron chi connectivity index (χ2n) is 25.5. The monoisotopic (exact) mass is 1610 g/mol. The Kier molecular flexibility index (Phi) is 49.0. The van der Waals surface area contributed by atoms with Crippen LogP contribution in [0.15, 0.2) is 129 Å². The van der Waals surface area contributed by atoms with Gasteiger partial charge in [-0.05, 0) is 88.4 Å². The summed E-state index contributed by atoms with van der Waals surface area (Å²) in [5.41, 5.74) is 6.85. The third-order valence-corrected chi connectivity index (χ3v) is 17.1. The predicted molar refractivity (Wildman–Crippen MR) is 393 cm³/mol. The third-order valence-electron chi connectivity index (χ3n) is 16.4. The van der Waals surface area contributed by atoms with E-state index in [2.05, 4.69) is 36.3 Å². The Morgan fingerprint density at radius 3 is 1.49 bits per heavy atom. The molecule has 0 spiro atoms. The normalized spacial score (nSPS) is 20.7. The van der Waals surface area contributed by atoms with Gasteiger partial charge in [0.25, 0.3) is 5.91 Å². The molecule has 4 saturated heterocycles. The molecule has 0 radical (unpaired) electrons. The molecule has 0 bridgehead atoms. The molecule has 4 heterocycles. The van der Waals surface area contributed by atoms with E-state index in [1.54, 1.807) is 103 Å². The molecule has 0 aliphatic carbocycles. The van der Waals surface area contributed by atoms with E-state index in [0.717, 1.165) is 11.7 Å². The first-order valence-corrected chi connectivity index (χ1v) is 35.1. The van der Waals surface area contributed by atoms with Gasteiger partial charge in [0.15, 0.2) is 5.78 Å². The van der Waals surface area contributed by atoms with Crippen LogP contribution in [-0.4, -0.2) is 237 Å². The van der Waals surface area contributed by atoms with Crippen molar-refractivity contribution in [3.63, 3.8) is 0 Å². The Morgan fingerprint density at radius 2 is 1.07 bits per heavy atom. The number of rotatable bonds is 31. The van der Waals surface area contributed by atoms with Gasteiger partial charge in [0, 0.05) is 30.0 Å². The lowest BCUT2D eigenvalue weighted by Gasteiger charge is -2.31. The number of oxime groups is 1. The maximum atomic E-state index is 14.3. The number of esters is 1. The van der Waals surface area contributed by atoms with Crippen LogP contribution in [0.5, 0.6) is 0 Å². The van der Waals surface area contributed by atoms with Crippen LogP contribution in [0.2, 0.25) is 0 Å². The summed E-state index contributed by atoms with van der Waals surface area (Å²) in [6.07, 6.45) is 0.278. The van der Waals surface area contributed by atoms with Gasteiger partial charge in [0.2, 0.25) is 0 Å². The highest BCUT2D eigenvalue weighted by Gasteiger charge is 2.56. The number of nitrogens with zero attached hydrogens (tertiary/aromatic N) is 2. The van der Waals surface area contributed by atoms with Gasteiger partial charge in [0.1, 0.15) is 126 Å². The molecule has 12 atom stereocenters. The molecule has 4 aromatic carbocycles. The number of hydroxylamine groups is 2. The molecule has 4 fully saturated rings. The Bertz CT molecular complexity index is 3390. The third kappa shape index (κ3) is 33.6. The maximum Gasteiger partial charge on any atom is 0.332 e. The number of alkyl halides is 9. The SMILES string of the molecule is C=C[C@@H](CF)OCC(=NO)c1cccc(C)c1F.C=C[C@@H](CF)OCC(=O)N(C)OC.C=C[C@@H](CF)OCC(=O)OC(C)(C)C.C=C[C@@H](CF)OCC(=O)c1cccc(C)c1F.Cc1cccc([C@@]23COC[C@@H]2[C@@H](CF)OC3)c1F.Cc1cccc([C@]2(N)CO[C@H](CF)[C@H]2CO)c1F.ClC[C@H]1CO1.O[C@H](CF)CCl. The average Bonchev–Trinajstić information content (AvgIpc) is 1.59. The van der Waals surface area contributed by atoms with E-state index in [1.807, 2.05) is 6.07 Å². The van der Waals surface area contributed by atoms with Crippen LogP contribution in [0, 0.1) is 62.8 Å². The summed E-state index contributed by atoms with van der Waals surface area (Å²) in [5, 5.41) is 30.4. The van der Waals surface area contributed by atoms with Crippen molar-refractivity contribution in [3.8, 4) is 0 Å². The van der Waals surface area contributed by atoms with Gasteiger partial charge in [-0.15, -0.1) is 49.5 Å². The first kappa shape index (κ1) is 100. The van der Waals surface area contributed by atoms with Crippen molar-refractivity contribution in [2.45, 2.75) is 114 Å². The van der Waals surface area contributed by atoms with Gasteiger partial charge in [0.05, 0.1) is 106 Å². The number of likely N-dealkylation sites (N-methyl/N-ethyl adjacent to an activating group) is 1. The molecule has 5 N–H and O–H groups in total. The van der Waals surface area contributed by atoms with Crippen LogP contribution < -0.4 is 5.73 Å². The number of ether oxygens (including phenoxy) is 9. The van der Waals surface area contributed by atoms with Crippen molar-refractivity contribution >= 4 is 46.6 Å². The standard InChI is InChI=1S/C14H16F2O2.C13H17F2NO2.C13H15F2NO2.C13H14F2O2.C10H17FO3.C8H14FNO3.C3H6ClFO.C3H5ClO/c1-9-3-2-4-10(13(9)16)14-7-17-6-11(14)12(5-15)18-8-14;1-8-3-2-4-9(12(8)15)13(16)7-18-11(5-14)10(13)6-17;1-3-10(7-14)18-8-12(16-17)11-6-4-5-9(2)13(11)15;1-3-10(7-14)17-8-12(16)11-6-4-5-9(2)13(11)15;1-5-8(6-11)13-7-9(12)14-10(2,3)4;1-4-7(5-9)13-6-8(11)10(2)12-3;4-1-3(6)2-5;4-1-3-2-5-3/h2-4,11-12H,5-8H2,1H3;2-4,10-11,17H,5-7,16H2,1H3;3-6,10,17H,1,7-8H2,2H3;3-6,10H,1,7-8H2,2H3;5,8H,1,6-7H2,2-4H3;4,7H,1,5-6H2,2-3H3;3,6H,1-2H2;3H,1-2H2/t11-,12-,14+;10-,11-,13-;2*10-;8-;7-;2*3-/m11000000/s1. The van der Waals surface area contributed by atoms with E-state index < -0.39 is 141 Å². The van der Waals surface area contributed by atoms with E-state index in [-0.39, 0.29) is 85.6 Å². The van der Waals surface area contributed by atoms with E-state index >= 15 is 0 Å². The fraction of sp³-hybridized carbons (Fsp3) is 0.532. The van der Waals surface area contributed by atoms with Gasteiger partial charge in [-0.2, -0.15) is 0 Å². The molecular formula is C77H104Cl2F11N3O16. The van der Waals surface area contributed by atoms with Crippen molar-refractivity contribution < 1.29 is 126 Å². The fourth-order valence-electron chi connectivity index (χ4n) is 9.83. The Morgan fingerprint density at radius 1 is 0.633 bits per heavy atom. The summed E-state index contributed by atoms with van der Waals surface area (Å²) in [6, 6.07) is 19.5. The molecule has 0 unspecified atom stereocenters. The average molecular weight is 1610 g/mol. The number of ketones is 1. The number of nitrogens with two attached hydrogens (primary N) is 1. The van der Waals surface area contributed by atoms with Crippen LogP contribution >= 0.6 is 23.2 Å². The van der Waals surface area contributed by atoms with E-state index in [9.17, 15) is 67.8 Å². The van der Waals surface area contributed by atoms with E-state index in [1.165, 1.54) is 50.6 Å². The summed E-state index contributed by atoms with van der Waals surface area (Å²) in [5.74, 6) is -3.13. The lowest BCUT2D eigenvalue weighted by molar-refractivity contribution is -0.174. The van der Waals surface area contributed by atoms with Crippen LogP contribution in [0.3, 0.4) is 0 Å². The van der Waals surface area contributed by atoms with Gasteiger partial charge in [-0.1, -0.05) is 90.1 Å². The van der Waals surface area contributed by atoms with Gasteiger partial charge in [-0.25, -0.2) is 58.2 Å². The summed E-state index contributed by atoms with van der Waals surface area (Å²) in [4.78, 5) is 38.3. The van der Waals surface area contributed by atoms with Crippen molar-refractivity contribution in [1.82, 2.24) is 5.06 Å². The summed E-state index contributed by atoms with van der Waals surface area (Å²) in [7, 11) is 2.81. The quantitative estimate of drug-likeness (QED) is 0.00421. The number of carbonyl (C=O) groups is 3. The Balaban J connectivity index is 0.000000637. The molecule has 4 aromatic rings. The zero-order chi connectivity index (χ0) is 82.6. The number of amides is 1. The van der Waals surface area contributed by atoms with Crippen LogP contribution in [0.4, 0.5) is 48.3 Å². The van der Waals surface area contributed by atoms with E-state index in [4.69, 9.17) is 81.9 Å². The number of hydrogen-bond acceptors (Lipinski definition) is 18. The number of fused-ring (bicyclic) bond motifs is 1. The second kappa shape index (κ2) is 53.2. The largest absolute Gasteiger partial charge is 0.458 e. The van der Waals surface area contributed by atoms with Gasteiger partial charge >= 0.3 is 5.97 Å². The molecule has 109 heavy (non-hydrogen) atoms.